The van der Waals surface area contributed by atoms with E-state index in [1.165, 1.54) is 0 Å². The Morgan fingerprint density at radius 3 is 2.71 bits per heavy atom. The van der Waals surface area contributed by atoms with Crippen molar-refractivity contribution in [1.82, 2.24) is 15.6 Å². The molecule has 1 aromatic heterocycles. The van der Waals surface area contributed by atoms with Crippen molar-refractivity contribution in [3.05, 3.63) is 16.6 Å². The molecule has 2 rings (SSSR count). The first-order chi connectivity index (χ1) is 9.80. The van der Waals surface area contributed by atoms with E-state index in [4.69, 9.17) is 4.74 Å². The maximum absolute atomic E-state index is 12.0. The molecular formula is C15H25N3O2S. The van der Waals surface area contributed by atoms with Crippen LogP contribution in [-0.2, 0) is 4.74 Å². The van der Waals surface area contributed by atoms with Crippen LogP contribution in [0.2, 0.25) is 0 Å². The normalized spacial score (nSPS) is 18.7. The van der Waals surface area contributed by atoms with Crippen LogP contribution >= 0.6 is 11.3 Å². The molecule has 1 fully saturated rings. The molecule has 1 aliphatic carbocycles. The van der Waals surface area contributed by atoms with E-state index in [-0.39, 0.29) is 17.7 Å². The molecular weight excluding hydrogens is 286 g/mol. The Kier molecular flexibility index (Phi) is 4.88. The van der Waals surface area contributed by atoms with E-state index in [2.05, 4.69) is 22.5 Å². The van der Waals surface area contributed by atoms with Gasteiger partial charge >= 0.3 is 6.09 Å². The monoisotopic (exact) mass is 311 g/mol. The van der Waals surface area contributed by atoms with Gasteiger partial charge in [-0.15, -0.1) is 11.3 Å². The maximum atomic E-state index is 12.0. The first-order valence-electron chi connectivity index (χ1n) is 7.44. The molecule has 1 heterocycles. The van der Waals surface area contributed by atoms with Gasteiger partial charge < -0.3 is 15.4 Å². The molecule has 1 amide bonds. The highest BCUT2D eigenvalue weighted by molar-refractivity contribution is 7.09. The number of nitrogens with zero attached hydrogens (tertiary/aromatic N) is 1. The van der Waals surface area contributed by atoms with E-state index >= 15 is 0 Å². The van der Waals surface area contributed by atoms with Crippen LogP contribution in [0.25, 0.3) is 0 Å². The standard InChI is InChI=1S/C15H25N3O2S/c1-11(12-16-8-9-21-12)17-10-15(6-5-7-15)18-13(19)20-14(2,3)4/h8-9,11,17H,5-7,10H2,1-4H3,(H,18,19). The number of hydrogen-bond acceptors (Lipinski definition) is 5. The molecule has 118 valence electrons. The van der Waals surface area contributed by atoms with E-state index < -0.39 is 5.60 Å². The number of rotatable bonds is 5. The van der Waals surface area contributed by atoms with Gasteiger partial charge in [0.05, 0.1) is 11.6 Å². The van der Waals surface area contributed by atoms with Gasteiger partial charge in [0.2, 0.25) is 0 Å². The number of thiazole rings is 1. The lowest BCUT2D eigenvalue weighted by atomic mass is 9.76. The van der Waals surface area contributed by atoms with Gasteiger partial charge in [-0.1, -0.05) is 0 Å². The van der Waals surface area contributed by atoms with Crippen LogP contribution in [-0.4, -0.2) is 28.8 Å². The molecule has 0 aromatic carbocycles. The lowest BCUT2D eigenvalue weighted by Crippen LogP contribution is -2.60. The largest absolute Gasteiger partial charge is 0.444 e. The molecule has 2 N–H and O–H groups in total. The Morgan fingerprint density at radius 1 is 1.52 bits per heavy atom. The van der Waals surface area contributed by atoms with Gasteiger partial charge in [0, 0.05) is 18.1 Å². The molecule has 1 aromatic rings. The van der Waals surface area contributed by atoms with Gasteiger partial charge in [-0.2, -0.15) is 0 Å². The predicted octanol–water partition coefficient (Wildman–Crippen LogP) is 3.24. The molecule has 5 nitrogen and oxygen atoms in total. The Labute approximate surface area is 130 Å². The molecule has 0 spiro atoms. The SMILES string of the molecule is CC(NCC1(NC(=O)OC(C)(C)C)CCC1)c1nccs1. The minimum Gasteiger partial charge on any atom is -0.444 e. The fourth-order valence-corrected chi connectivity index (χ4v) is 3.02. The van der Waals surface area contributed by atoms with Crippen LogP contribution in [0.15, 0.2) is 11.6 Å². The van der Waals surface area contributed by atoms with Gasteiger partial charge in [0.25, 0.3) is 0 Å². The van der Waals surface area contributed by atoms with Crippen molar-refractivity contribution in [2.24, 2.45) is 0 Å². The van der Waals surface area contributed by atoms with Gasteiger partial charge in [-0.05, 0) is 47.0 Å². The van der Waals surface area contributed by atoms with Crippen molar-refractivity contribution >= 4 is 17.4 Å². The number of carbonyl (C=O) groups is 1. The zero-order chi connectivity index (χ0) is 15.5. The third kappa shape index (κ3) is 4.68. The average Bonchev–Trinajstić information content (AvgIpc) is 2.83. The number of alkyl carbamates (subject to hydrolysis) is 1. The van der Waals surface area contributed by atoms with E-state index in [0.717, 1.165) is 30.8 Å². The highest BCUT2D eigenvalue weighted by Gasteiger charge is 2.39. The van der Waals surface area contributed by atoms with E-state index in [1.807, 2.05) is 32.3 Å². The summed E-state index contributed by atoms with van der Waals surface area (Å²) in [7, 11) is 0. The molecule has 0 radical (unpaired) electrons. The fraction of sp³-hybridized carbons (Fsp3) is 0.733. The Hall–Kier alpha value is -1.14. The third-order valence-corrected chi connectivity index (χ3v) is 4.60. The number of aromatic nitrogens is 1. The van der Waals surface area contributed by atoms with Gasteiger partial charge in [-0.3, -0.25) is 0 Å². The number of carbonyl (C=O) groups excluding carboxylic acids is 1. The fourth-order valence-electron chi connectivity index (χ4n) is 2.35. The minimum absolute atomic E-state index is 0.173. The smallest absolute Gasteiger partial charge is 0.408 e. The van der Waals surface area contributed by atoms with Gasteiger partial charge in [-0.25, -0.2) is 9.78 Å². The minimum atomic E-state index is -0.462. The Bertz CT molecular complexity index is 464. The zero-order valence-electron chi connectivity index (χ0n) is 13.2. The predicted molar refractivity (Wildman–Crippen MR) is 84.5 cm³/mol. The first-order valence-corrected chi connectivity index (χ1v) is 8.32. The topological polar surface area (TPSA) is 63.2 Å². The maximum Gasteiger partial charge on any atom is 0.408 e. The second kappa shape index (κ2) is 6.32. The molecule has 6 heteroatoms. The van der Waals surface area contributed by atoms with Crippen molar-refractivity contribution < 1.29 is 9.53 Å². The van der Waals surface area contributed by atoms with Crippen LogP contribution in [0.1, 0.15) is 58.0 Å². The summed E-state index contributed by atoms with van der Waals surface area (Å²) in [5.41, 5.74) is -0.634. The number of amides is 1. The van der Waals surface area contributed by atoms with E-state index in [1.54, 1.807) is 11.3 Å². The highest BCUT2D eigenvalue weighted by Crippen LogP contribution is 2.32. The molecule has 1 saturated carbocycles. The Balaban J connectivity index is 1.85. The molecule has 0 aliphatic heterocycles. The lowest BCUT2D eigenvalue weighted by molar-refractivity contribution is 0.0379. The lowest BCUT2D eigenvalue weighted by Gasteiger charge is -2.43. The molecule has 0 bridgehead atoms. The molecule has 1 unspecified atom stereocenters. The molecule has 1 atom stereocenters. The van der Waals surface area contributed by atoms with Crippen LogP contribution in [0.5, 0.6) is 0 Å². The second-order valence-electron chi connectivity index (χ2n) is 6.73. The van der Waals surface area contributed by atoms with Crippen molar-refractivity contribution in [1.29, 1.82) is 0 Å². The second-order valence-corrected chi connectivity index (χ2v) is 7.66. The van der Waals surface area contributed by atoms with Crippen molar-refractivity contribution in [2.75, 3.05) is 6.54 Å². The summed E-state index contributed by atoms with van der Waals surface area (Å²) in [6.07, 6.45) is 4.61. The van der Waals surface area contributed by atoms with Crippen LogP contribution < -0.4 is 10.6 Å². The summed E-state index contributed by atoms with van der Waals surface area (Å²) in [5.74, 6) is 0. The van der Waals surface area contributed by atoms with E-state index in [0.29, 0.717) is 0 Å². The molecule has 0 saturated heterocycles. The average molecular weight is 311 g/mol. The zero-order valence-corrected chi connectivity index (χ0v) is 14.0. The van der Waals surface area contributed by atoms with Crippen LogP contribution in [0, 0.1) is 0 Å². The summed E-state index contributed by atoms with van der Waals surface area (Å²) < 4.78 is 5.36. The van der Waals surface area contributed by atoms with Crippen LogP contribution in [0.4, 0.5) is 4.79 Å². The van der Waals surface area contributed by atoms with Gasteiger partial charge in [0.15, 0.2) is 0 Å². The molecule has 21 heavy (non-hydrogen) atoms. The number of hydrogen-bond donors (Lipinski definition) is 2. The van der Waals surface area contributed by atoms with Crippen molar-refractivity contribution in [3.63, 3.8) is 0 Å². The summed E-state index contributed by atoms with van der Waals surface area (Å²) in [6, 6.07) is 0.197. The van der Waals surface area contributed by atoms with Gasteiger partial charge in [0.1, 0.15) is 10.6 Å². The quantitative estimate of drug-likeness (QED) is 0.876. The summed E-state index contributed by atoms with van der Waals surface area (Å²) in [6.45, 7) is 8.47. The summed E-state index contributed by atoms with van der Waals surface area (Å²) in [5, 5.41) is 9.57. The van der Waals surface area contributed by atoms with Crippen LogP contribution in [0.3, 0.4) is 0 Å². The third-order valence-electron chi connectivity index (χ3n) is 3.65. The molecule has 1 aliphatic rings. The Morgan fingerprint density at radius 2 is 2.24 bits per heavy atom. The van der Waals surface area contributed by atoms with E-state index in [9.17, 15) is 4.79 Å². The van der Waals surface area contributed by atoms with Crippen molar-refractivity contribution in [3.8, 4) is 0 Å². The van der Waals surface area contributed by atoms with Crippen molar-refractivity contribution in [2.45, 2.75) is 64.1 Å². The summed E-state index contributed by atoms with van der Waals surface area (Å²) in [4.78, 5) is 16.3. The first kappa shape index (κ1) is 16.2. The summed E-state index contributed by atoms with van der Waals surface area (Å²) >= 11 is 1.64. The highest BCUT2D eigenvalue weighted by atomic mass is 32.1. The number of ether oxygens (including phenoxy) is 1. The number of nitrogens with one attached hydrogen (secondary N) is 2.